The van der Waals surface area contributed by atoms with Gasteiger partial charge in [0.1, 0.15) is 11.8 Å². The van der Waals surface area contributed by atoms with E-state index in [9.17, 15) is 0 Å². The SMILES string of the molecule is CCSCCCNc1cccc(OCC#N)c1. The van der Waals surface area contributed by atoms with Crippen LogP contribution in [0.25, 0.3) is 0 Å². The van der Waals surface area contributed by atoms with Gasteiger partial charge in [-0.25, -0.2) is 0 Å². The van der Waals surface area contributed by atoms with E-state index in [2.05, 4.69) is 12.2 Å². The second kappa shape index (κ2) is 8.77. The van der Waals surface area contributed by atoms with Crippen LogP contribution in [-0.4, -0.2) is 24.7 Å². The Morgan fingerprint density at radius 3 is 3.12 bits per heavy atom. The lowest BCUT2D eigenvalue weighted by Crippen LogP contribution is -2.03. The lowest BCUT2D eigenvalue weighted by atomic mass is 10.3. The molecule has 0 aromatic heterocycles. The van der Waals surface area contributed by atoms with E-state index in [1.165, 1.54) is 11.5 Å². The van der Waals surface area contributed by atoms with Crippen molar-refractivity contribution in [3.63, 3.8) is 0 Å². The van der Waals surface area contributed by atoms with Crippen LogP contribution >= 0.6 is 11.8 Å². The van der Waals surface area contributed by atoms with Crippen LogP contribution in [0.15, 0.2) is 24.3 Å². The topological polar surface area (TPSA) is 45.0 Å². The first-order chi connectivity index (χ1) is 8.36. The van der Waals surface area contributed by atoms with Crippen molar-refractivity contribution in [2.24, 2.45) is 0 Å². The molecule has 0 bridgehead atoms. The van der Waals surface area contributed by atoms with Gasteiger partial charge in [-0.15, -0.1) is 0 Å². The highest BCUT2D eigenvalue weighted by molar-refractivity contribution is 7.99. The van der Waals surface area contributed by atoms with Gasteiger partial charge in [-0.05, 0) is 30.1 Å². The summed E-state index contributed by atoms with van der Waals surface area (Å²) in [6, 6.07) is 9.67. The Bertz CT molecular complexity index is 363. The van der Waals surface area contributed by atoms with Crippen LogP contribution < -0.4 is 10.1 Å². The van der Waals surface area contributed by atoms with E-state index >= 15 is 0 Å². The Kier molecular flexibility index (Phi) is 7.08. The van der Waals surface area contributed by atoms with Crippen molar-refractivity contribution in [2.45, 2.75) is 13.3 Å². The highest BCUT2D eigenvalue weighted by Gasteiger charge is 1.96. The molecule has 1 aromatic rings. The molecule has 0 aliphatic carbocycles. The Balaban J connectivity index is 2.30. The number of rotatable bonds is 8. The van der Waals surface area contributed by atoms with Crippen molar-refractivity contribution >= 4 is 17.4 Å². The molecule has 0 amide bonds. The molecule has 1 rings (SSSR count). The van der Waals surface area contributed by atoms with Crippen LogP contribution in [0.1, 0.15) is 13.3 Å². The van der Waals surface area contributed by atoms with Crippen LogP contribution in [0.5, 0.6) is 5.75 Å². The van der Waals surface area contributed by atoms with E-state index < -0.39 is 0 Å². The van der Waals surface area contributed by atoms with Crippen LogP contribution in [0.4, 0.5) is 5.69 Å². The van der Waals surface area contributed by atoms with Gasteiger partial charge in [-0.1, -0.05) is 13.0 Å². The number of ether oxygens (including phenoxy) is 1. The van der Waals surface area contributed by atoms with Crippen LogP contribution in [0.3, 0.4) is 0 Å². The first-order valence-electron chi connectivity index (χ1n) is 5.78. The first kappa shape index (κ1) is 13.7. The molecule has 0 saturated heterocycles. The quantitative estimate of drug-likeness (QED) is 0.720. The third kappa shape index (κ3) is 6.08. The summed E-state index contributed by atoms with van der Waals surface area (Å²) in [7, 11) is 0. The summed E-state index contributed by atoms with van der Waals surface area (Å²) in [6.45, 7) is 3.24. The van der Waals surface area contributed by atoms with Gasteiger partial charge >= 0.3 is 0 Å². The third-order valence-electron chi connectivity index (χ3n) is 2.14. The van der Waals surface area contributed by atoms with Gasteiger partial charge in [-0.2, -0.15) is 17.0 Å². The normalized spacial score (nSPS) is 9.65. The maximum absolute atomic E-state index is 8.43. The Labute approximate surface area is 107 Å². The minimum Gasteiger partial charge on any atom is -0.479 e. The van der Waals surface area contributed by atoms with Crippen molar-refractivity contribution in [3.8, 4) is 11.8 Å². The van der Waals surface area contributed by atoms with Gasteiger partial charge in [0.15, 0.2) is 6.61 Å². The summed E-state index contributed by atoms with van der Waals surface area (Å²) < 4.78 is 5.24. The second-order valence-corrected chi connectivity index (χ2v) is 4.85. The zero-order chi connectivity index (χ0) is 12.3. The lowest BCUT2D eigenvalue weighted by molar-refractivity contribution is 0.368. The molecular weight excluding hydrogens is 232 g/mol. The van der Waals surface area contributed by atoms with Crippen molar-refractivity contribution in [2.75, 3.05) is 30.0 Å². The number of nitrogens with zero attached hydrogens (tertiary/aromatic N) is 1. The fraction of sp³-hybridized carbons (Fsp3) is 0.462. The number of nitrogens with one attached hydrogen (secondary N) is 1. The molecule has 0 radical (unpaired) electrons. The number of thioether (sulfide) groups is 1. The molecule has 0 fully saturated rings. The fourth-order valence-electron chi connectivity index (χ4n) is 1.36. The van der Waals surface area contributed by atoms with Crippen molar-refractivity contribution in [1.29, 1.82) is 5.26 Å². The van der Waals surface area contributed by atoms with Gasteiger partial charge in [0, 0.05) is 18.3 Å². The summed E-state index contributed by atoms with van der Waals surface area (Å²) in [6.07, 6.45) is 1.15. The summed E-state index contributed by atoms with van der Waals surface area (Å²) >= 11 is 1.96. The second-order valence-electron chi connectivity index (χ2n) is 3.45. The molecule has 0 aliphatic rings. The summed E-state index contributed by atoms with van der Waals surface area (Å²) in [5.41, 5.74) is 1.04. The van der Waals surface area contributed by atoms with Crippen LogP contribution in [0, 0.1) is 11.3 Å². The summed E-state index contributed by atoms with van der Waals surface area (Å²) in [5.74, 6) is 3.10. The largest absolute Gasteiger partial charge is 0.479 e. The van der Waals surface area contributed by atoms with Gasteiger partial charge in [0.25, 0.3) is 0 Å². The minimum atomic E-state index is 0.0938. The standard InChI is InChI=1S/C13H18N2OS/c1-2-17-10-4-8-15-12-5-3-6-13(11-12)16-9-7-14/h3,5-6,11,15H,2,4,8-10H2,1H3. The third-order valence-corrected chi connectivity index (χ3v) is 3.12. The van der Waals surface area contributed by atoms with Gasteiger partial charge in [0.2, 0.25) is 0 Å². The molecule has 0 saturated carbocycles. The zero-order valence-electron chi connectivity index (χ0n) is 10.1. The highest BCUT2D eigenvalue weighted by Crippen LogP contribution is 2.17. The molecule has 92 valence electrons. The fourth-order valence-corrected chi connectivity index (χ4v) is 2.00. The zero-order valence-corrected chi connectivity index (χ0v) is 10.9. The molecule has 4 heteroatoms. The Morgan fingerprint density at radius 2 is 2.35 bits per heavy atom. The number of hydrogen-bond acceptors (Lipinski definition) is 4. The van der Waals surface area contributed by atoms with Crippen LogP contribution in [0.2, 0.25) is 0 Å². The molecule has 1 aromatic carbocycles. The van der Waals surface area contributed by atoms with E-state index in [4.69, 9.17) is 10.00 Å². The van der Waals surface area contributed by atoms with E-state index in [0.717, 1.165) is 24.4 Å². The molecule has 0 spiro atoms. The molecule has 0 heterocycles. The van der Waals surface area contributed by atoms with E-state index in [1.807, 2.05) is 42.1 Å². The van der Waals surface area contributed by atoms with Crippen molar-refractivity contribution in [1.82, 2.24) is 0 Å². The van der Waals surface area contributed by atoms with Gasteiger partial charge in [-0.3, -0.25) is 0 Å². The van der Waals surface area contributed by atoms with Crippen LogP contribution in [-0.2, 0) is 0 Å². The van der Waals surface area contributed by atoms with E-state index in [-0.39, 0.29) is 6.61 Å². The monoisotopic (exact) mass is 250 g/mol. The molecular formula is C13H18N2OS. The average molecular weight is 250 g/mol. The summed E-state index contributed by atoms with van der Waals surface area (Å²) in [5, 5.41) is 11.8. The van der Waals surface area contributed by atoms with E-state index in [0.29, 0.717) is 0 Å². The highest BCUT2D eigenvalue weighted by atomic mass is 32.2. The molecule has 17 heavy (non-hydrogen) atoms. The predicted molar refractivity (Wildman–Crippen MR) is 73.7 cm³/mol. The Hall–Kier alpha value is -1.34. The number of benzene rings is 1. The minimum absolute atomic E-state index is 0.0938. The first-order valence-corrected chi connectivity index (χ1v) is 6.93. The molecule has 0 aliphatic heterocycles. The smallest absolute Gasteiger partial charge is 0.174 e. The van der Waals surface area contributed by atoms with Crippen molar-refractivity contribution in [3.05, 3.63) is 24.3 Å². The lowest BCUT2D eigenvalue weighted by Gasteiger charge is -2.08. The number of nitriles is 1. The molecule has 1 N–H and O–H groups in total. The van der Waals surface area contributed by atoms with Gasteiger partial charge in [0.05, 0.1) is 0 Å². The molecule has 0 unspecified atom stereocenters. The predicted octanol–water partition coefficient (Wildman–Crippen LogP) is 3.14. The van der Waals surface area contributed by atoms with Gasteiger partial charge < -0.3 is 10.1 Å². The Morgan fingerprint density at radius 1 is 1.47 bits per heavy atom. The number of anilines is 1. The number of hydrogen-bond donors (Lipinski definition) is 1. The summed E-state index contributed by atoms with van der Waals surface area (Å²) in [4.78, 5) is 0. The maximum Gasteiger partial charge on any atom is 0.174 e. The maximum atomic E-state index is 8.43. The molecule has 0 atom stereocenters. The average Bonchev–Trinajstić information content (AvgIpc) is 2.37. The van der Waals surface area contributed by atoms with E-state index in [1.54, 1.807) is 0 Å². The van der Waals surface area contributed by atoms with Crippen molar-refractivity contribution < 1.29 is 4.74 Å². The molecule has 3 nitrogen and oxygen atoms in total.